The van der Waals surface area contributed by atoms with Gasteiger partial charge in [-0.05, 0) is 42.7 Å². The number of carbonyl (C=O) groups excluding carboxylic acids is 1. The molecule has 1 aliphatic heterocycles. The van der Waals surface area contributed by atoms with Gasteiger partial charge in [0.15, 0.2) is 0 Å². The van der Waals surface area contributed by atoms with Crippen LogP contribution in [0.5, 0.6) is 0 Å². The van der Waals surface area contributed by atoms with Gasteiger partial charge in [-0.15, -0.1) is 0 Å². The fraction of sp³-hybridized carbons (Fsp3) is 0.458. The first-order valence-electron chi connectivity index (χ1n) is 10.6. The van der Waals surface area contributed by atoms with Crippen molar-refractivity contribution in [1.82, 2.24) is 10.6 Å². The zero-order valence-electron chi connectivity index (χ0n) is 17.9. The highest BCUT2D eigenvalue weighted by atomic mass is 16.3. The Hall–Kier alpha value is -2.37. The van der Waals surface area contributed by atoms with Crippen LogP contribution in [0.1, 0.15) is 39.3 Å². The molecule has 0 fully saturated rings. The molecular formula is C24H33N3O2. The molecule has 5 nitrogen and oxygen atoms in total. The zero-order valence-corrected chi connectivity index (χ0v) is 17.9. The minimum absolute atomic E-state index is 0.0257. The summed E-state index contributed by atoms with van der Waals surface area (Å²) in [6.45, 7) is 10.7. The highest BCUT2D eigenvalue weighted by Gasteiger charge is 2.34. The normalized spacial score (nSPS) is 21.9. The van der Waals surface area contributed by atoms with Crippen LogP contribution in [0.3, 0.4) is 0 Å². The van der Waals surface area contributed by atoms with E-state index in [4.69, 9.17) is 0 Å². The molecule has 3 unspecified atom stereocenters. The molecule has 1 amide bonds. The van der Waals surface area contributed by atoms with Crippen molar-refractivity contribution in [2.45, 2.75) is 45.9 Å². The minimum atomic E-state index is -0.695. The van der Waals surface area contributed by atoms with Crippen LogP contribution < -0.4 is 15.5 Å². The van der Waals surface area contributed by atoms with E-state index in [2.05, 4.69) is 65.8 Å². The quantitative estimate of drug-likeness (QED) is 0.664. The number of rotatable bonds is 7. The first kappa shape index (κ1) is 21.3. The lowest BCUT2D eigenvalue weighted by Crippen LogP contribution is -2.48. The van der Waals surface area contributed by atoms with Gasteiger partial charge in [0.2, 0.25) is 5.91 Å². The van der Waals surface area contributed by atoms with Crippen molar-refractivity contribution < 1.29 is 9.90 Å². The van der Waals surface area contributed by atoms with Crippen molar-refractivity contribution in [3.63, 3.8) is 0 Å². The largest absolute Gasteiger partial charge is 0.387 e. The Kier molecular flexibility index (Phi) is 6.93. The number of nitrogens with one attached hydrogen (secondary N) is 2. The number of amides is 1. The van der Waals surface area contributed by atoms with E-state index in [1.165, 1.54) is 0 Å². The lowest BCUT2D eigenvalue weighted by atomic mass is 9.83. The maximum Gasteiger partial charge on any atom is 0.223 e. The Balaban J connectivity index is 1.95. The molecule has 1 aliphatic carbocycles. The van der Waals surface area contributed by atoms with Crippen LogP contribution in [-0.4, -0.2) is 42.8 Å². The van der Waals surface area contributed by atoms with Gasteiger partial charge in [-0.3, -0.25) is 4.79 Å². The SMILES string of the molecule is CCN(CC)c1ccc(C(NC(=O)C(C)C)C2=CC=C3C=CCNC3C2O)cc1. The van der Waals surface area contributed by atoms with E-state index in [-0.39, 0.29) is 23.9 Å². The minimum Gasteiger partial charge on any atom is -0.387 e. The van der Waals surface area contributed by atoms with Crippen molar-refractivity contribution >= 4 is 11.6 Å². The average Bonchev–Trinajstić information content (AvgIpc) is 2.74. The summed E-state index contributed by atoms with van der Waals surface area (Å²) in [5.41, 5.74) is 4.01. The molecular weight excluding hydrogens is 362 g/mol. The van der Waals surface area contributed by atoms with Crippen LogP contribution in [0.4, 0.5) is 5.69 Å². The molecule has 0 aromatic heterocycles. The molecule has 2 aliphatic rings. The second-order valence-corrected chi connectivity index (χ2v) is 7.93. The van der Waals surface area contributed by atoms with Gasteiger partial charge >= 0.3 is 0 Å². The number of hydrogen-bond donors (Lipinski definition) is 3. The number of aliphatic hydroxyl groups is 1. The average molecular weight is 396 g/mol. The molecule has 5 heteroatoms. The molecule has 3 N–H and O–H groups in total. The standard InChI is InChI=1S/C24H33N3O2/c1-5-27(6-2)19-12-9-18(10-13-19)21(26-24(29)16(3)4)20-14-11-17-8-7-15-25-22(17)23(20)28/h7-14,16,21-23,25,28H,5-6,15H2,1-4H3,(H,26,29). The Morgan fingerprint density at radius 1 is 1.21 bits per heavy atom. The van der Waals surface area contributed by atoms with E-state index in [1.54, 1.807) is 0 Å². The second-order valence-electron chi connectivity index (χ2n) is 7.93. The van der Waals surface area contributed by atoms with Crippen molar-refractivity contribution in [2.24, 2.45) is 5.92 Å². The van der Waals surface area contributed by atoms with E-state index in [0.717, 1.165) is 42.0 Å². The number of carbonyl (C=O) groups is 1. The highest BCUT2D eigenvalue weighted by molar-refractivity contribution is 5.79. The smallest absolute Gasteiger partial charge is 0.223 e. The predicted molar refractivity (Wildman–Crippen MR) is 119 cm³/mol. The zero-order chi connectivity index (χ0) is 21.0. The van der Waals surface area contributed by atoms with Gasteiger partial charge in [0, 0.05) is 31.2 Å². The molecule has 0 spiro atoms. The molecule has 1 heterocycles. The summed E-state index contributed by atoms with van der Waals surface area (Å²) >= 11 is 0. The van der Waals surface area contributed by atoms with Crippen molar-refractivity contribution in [2.75, 3.05) is 24.5 Å². The van der Waals surface area contributed by atoms with Crippen LogP contribution in [0, 0.1) is 5.92 Å². The first-order valence-corrected chi connectivity index (χ1v) is 10.6. The third kappa shape index (κ3) is 4.62. The maximum absolute atomic E-state index is 12.6. The highest BCUT2D eigenvalue weighted by Crippen LogP contribution is 2.33. The molecule has 3 atom stereocenters. The molecule has 0 radical (unpaired) electrons. The second kappa shape index (κ2) is 9.42. The Labute approximate surface area is 174 Å². The lowest BCUT2D eigenvalue weighted by Gasteiger charge is -2.36. The first-order chi connectivity index (χ1) is 14.0. The van der Waals surface area contributed by atoms with Gasteiger partial charge in [-0.1, -0.05) is 50.3 Å². The number of benzene rings is 1. The predicted octanol–water partition coefficient (Wildman–Crippen LogP) is 3.10. The van der Waals surface area contributed by atoms with E-state index < -0.39 is 6.10 Å². The van der Waals surface area contributed by atoms with Crippen LogP contribution in [0.25, 0.3) is 0 Å². The molecule has 0 bridgehead atoms. The summed E-state index contributed by atoms with van der Waals surface area (Å²) in [5.74, 6) is -0.155. The summed E-state index contributed by atoms with van der Waals surface area (Å²) < 4.78 is 0. The molecule has 0 saturated heterocycles. The van der Waals surface area contributed by atoms with Gasteiger partial charge in [0.05, 0.1) is 18.2 Å². The summed E-state index contributed by atoms with van der Waals surface area (Å²) in [7, 11) is 0. The van der Waals surface area contributed by atoms with Crippen molar-refractivity contribution in [1.29, 1.82) is 0 Å². The molecule has 1 aromatic carbocycles. The fourth-order valence-corrected chi connectivity index (χ4v) is 3.95. The summed E-state index contributed by atoms with van der Waals surface area (Å²) in [4.78, 5) is 14.8. The number of aliphatic hydroxyl groups excluding tert-OH is 1. The number of fused-ring (bicyclic) bond motifs is 1. The van der Waals surface area contributed by atoms with E-state index >= 15 is 0 Å². The van der Waals surface area contributed by atoms with Crippen LogP contribution in [0.2, 0.25) is 0 Å². The molecule has 3 rings (SSSR count). The lowest BCUT2D eigenvalue weighted by molar-refractivity contribution is -0.124. The monoisotopic (exact) mass is 395 g/mol. The van der Waals surface area contributed by atoms with Crippen molar-refractivity contribution in [3.05, 3.63) is 65.3 Å². The number of anilines is 1. The number of nitrogens with zero attached hydrogens (tertiary/aromatic N) is 1. The van der Waals surface area contributed by atoms with E-state index in [1.807, 2.05) is 26.0 Å². The third-order valence-electron chi connectivity index (χ3n) is 5.75. The summed E-state index contributed by atoms with van der Waals surface area (Å²) in [6, 6.07) is 7.79. The fourth-order valence-electron chi connectivity index (χ4n) is 3.95. The van der Waals surface area contributed by atoms with Gasteiger partial charge in [-0.2, -0.15) is 0 Å². The summed E-state index contributed by atoms with van der Waals surface area (Å²) in [5, 5.41) is 17.6. The van der Waals surface area contributed by atoms with Crippen LogP contribution >= 0.6 is 0 Å². The molecule has 1 aromatic rings. The number of hydrogen-bond acceptors (Lipinski definition) is 4. The topological polar surface area (TPSA) is 64.6 Å². The van der Waals surface area contributed by atoms with Crippen molar-refractivity contribution in [3.8, 4) is 0 Å². The van der Waals surface area contributed by atoms with Crippen LogP contribution in [-0.2, 0) is 4.79 Å². The third-order valence-corrected chi connectivity index (χ3v) is 5.75. The van der Waals surface area contributed by atoms with E-state index in [0.29, 0.717) is 0 Å². The molecule has 0 saturated carbocycles. The molecule has 156 valence electrons. The molecule has 29 heavy (non-hydrogen) atoms. The van der Waals surface area contributed by atoms with Crippen LogP contribution in [0.15, 0.2) is 59.7 Å². The maximum atomic E-state index is 12.6. The van der Waals surface area contributed by atoms with Gasteiger partial charge in [0.25, 0.3) is 0 Å². The number of allylic oxidation sites excluding steroid dienone is 2. The van der Waals surface area contributed by atoms with Gasteiger partial charge in [0.1, 0.15) is 0 Å². The van der Waals surface area contributed by atoms with Gasteiger partial charge < -0.3 is 20.6 Å². The summed E-state index contributed by atoms with van der Waals surface area (Å²) in [6.07, 6.45) is 7.40. The Morgan fingerprint density at radius 2 is 1.90 bits per heavy atom. The van der Waals surface area contributed by atoms with E-state index in [9.17, 15) is 9.90 Å². The van der Waals surface area contributed by atoms with Gasteiger partial charge in [-0.25, -0.2) is 0 Å². The Bertz CT molecular complexity index is 804. The Morgan fingerprint density at radius 3 is 2.52 bits per heavy atom.